The molecule has 0 aliphatic heterocycles. The van der Waals surface area contributed by atoms with Gasteiger partial charge in [-0.3, -0.25) is 0 Å². The standard InChI is InChI=1S/C15H13N3/c1-2-5-11(6-3-1)15(8-9-15)14-17-12-7-4-10-16-13(12)18-14/h1-7,10H,8-9H2,(H,16,17,18). The van der Waals surface area contributed by atoms with Gasteiger partial charge in [0.2, 0.25) is 0 Å². The molecule has 1 saturated carbocycles. The SMILES string of the molecule is c1ccc(C2(c3nc4ncccc4[nH]3)CC2)cc1. The fourth-order valence-electron chi connectivity index (χ4n) is 2.62. The zero-order chi connectivity index (χ0) is 12.0. The molecule has 0 atom stereocenters. The molecule has 2 heterocycles. The molecular formula is C15H13N3. The van der Waals surface area contributed by atoms with Crippen LogP contribution >= 0.6 is 0 Å². The second-order valence-corrected chi connectivity index (χ2v) is 4.91. The van der Waals surface area contributed by atoms with Crippen molar-refractivity contribution in [3.05, 3.63) is 60.0 Å². The van der Waals surface area contributed by atoms with Crippen LogP contribution in [0, 0.1) is 0 Å². The van der Waals surface area contributed by atoms with Crippen LogP contribution in [-0.2, 0) is 5.41 Å². The first kappa shape index (κ1) is 9.83. The van der Waals surface area contributed by atoms with Crippen LogP contribution in [-0.4, -0.2) is 15.0 Å². The summed E-state index contributed by atoms with van der Waals surface area (Å²) in [5.41, 5.74) is 3.29. The zero-order valence-corrected chi connectivity index (χ0v) is 9.93. The van der Waals surface area contributed by atoms with E-state index in [4.69, 9.17) is 0 Å². The maximum absolute atomic E-state index is 4.66. The fourth-order valence-corrected chi connectivity index (χ4v) is 2.62. The number of pyridine rings is 1. The second kappa shape index (κ2) is 3.42. The molecule has 0 radical (unpaired) electrons. The highest BCUT2D eigenvalue weighted by atomic mass is 15.0. The Hall–Kier alpha value is -2.16. The summed E-state index contributed by atoms with van der Waals surface area (Å²) >= 11 is 0. The first-order valence-corrected chi connectivity index (χ1v) is 6.25. The Kier molecular flexibility index (Phi) is 1.87. The Morgan fingerprint density at radius 1 is 1.00 bits per heavy atom. The number of hydrogen-bond acceptors (Lipinski definition) is 2. The number of nitrogens with zero attached hydrogens (tertiary/aromatic N) is 2. The lowest BCUT2D eigenvalue weighted by atomic mass is 9.95. The zero-order valence-electron chi connectivity index (χ0n) is 9.93. The van der Waals surface area contributed by atoms with E-state index in [-0.39, 0.29) is 5.41 Å². The van der Waals surface area contributed by atoms with Gasteiger partial charge in [0.1, 0.15) is 5.82 Å². The number of fused-ring (bicyclic) bond motifs is 1. The van der Waals surface area contributed by atoms with Crippen molar-refractivity contribution in [3.63, 3.8) is 0 Å². The molecule has 1 fully saturated rings. The van der Waals surface area contributed by atoms with Crippen LogP contribution < -0.4 is 0 Å². The first-order chi connectivity index (χ1) is 8.88. The predicted octanol–water partition coefficient (Wildman–Crippen LogP) is 3.04. The van der Waals surface area contributed by atoms with E-state index < -0.39 is 0 Å². The number of nitrogens with one attached hydrogen (secondary N) is 1. The highest BCUT2D eigenvalue weighted by Crippen LogP contribution is 2.52. The van der Waals surface area contributed by atoms with Crippen LogP contribution in [0.2, 0.25) is 0 Å². The average Bonchev–Trinajstić information content (AvgIpc) is 3.13. The molecule has 1 aliphatic carbocycles. The summed E-state index contributed by atoms with van der Waals surface area (Å²) in [6.45, 7) is 0. The predicted molar refractivity (Wildman–Crippen MR) is 70.3 cm³/mol. The number of imidazole rings is 1. The Balaban J connectivity index is 1.87. The van der Waals surface area contributed by atoms with Crippen molar-refractivity contribution in [3.8, 4) is 0 Å². The van der Waals surface area contributed by atoms with E-state index >= 15 is 0 Å². The largest absolute Gasteiger partial charge is 0.340 e. The topological polar surface area (TPSA) is 41.6 Å². The molecule has 18 heavy (non-hydrogen) atoms. The van der Waals surface area contributed by atoms with Crippen LogP contribution in [0.4, 0.5) is 0 Å². The van der Waals surface area contributed by atoms with Gasteiger partial charge in [-0.25, -0.2) is 9.97 Å². The Morgan fingerprint density at radius 2 is 1.83 bits per heavy atom. The van der Waals surface area contributed by atoms with Crippen molar-refractivity contribution < 1.29 is 0 Å². The van der Waals surface area contributed by atoms with Crippen molar-refractivity contribution in [2.45, 2.75) is 18.3 Å². The third kappa shape index (κ3) is 1.30. The van der Waals surface area contributed by atoms with Crippen LogP contribution in [0.25, 0.3) is 11.2 Å². The van der Waals surface area contributed by atoms with Crippen LogP contribution in [0.5, 0.6) is 0 Å². The summed E-state index contributed by atoms with van der Waals surface area (Å²) in [6.07, 6.45) is 4.11. The lowest BCUT2D eigenvalue weighted by Crippen LogP contribution is -2.10. The van der Waals surface area contributed by atoms with E-state index in [1.165, 1.54) is 5.56 Å². The van der Waals surface area contributed by atoms with E-state index in [2.05, 4.69) is 45.3 Å². The third-order valence-corrected chi connectivity index (χ3v) is 3.79. The minimum atomic E-state index is 0.0992. The summed E-state index contributed by atoms with van der Waals surface area (Å²) in [6, 6.07) is 14.6. The lowest BCUT2D eigenvalue weighted by Gasteiger charge is -2.12. The van der Waals surface area contributed by atoms with E-state index in [1.807, 2.05) is 12.1 Å². The minimum absolute atomic E-state index is 0.0992. The van der Waals surface area contributed by atoms with E-state index in [1.54, 1.807) is 6.20 Å². The summed E-state index contributed by atoms with van der Waals surface area (Å²) in [5.74, 6) is 1.06. The number of hydrogen-bond donors (Lipinski definition) is 1. The highest BCUT2D eigenvalue weighted by molar-refractivity contribution is 5.70. The summed E-state index contributed by atoms with van der Waals surface area (Å²) in [5, 5.41) is 0. The van der Waals surface area contributed by atoms with Gasteiger partial charge in [-0.2, -0.15) is 0 Å². The monoisotopic (exact) mass is 235 g/mol. The molecule has 0 spiro atoms. The van der Waals surface area contributed by atoms with Gasteiger partial charge in [-0.1, -0.05) is 30.3 Å². The van der Waals surface area contributed by atoms with E-state index in [9.17, 15) is 0 Å². The molecule has 2 aromatic heterocycles. The fraction of sp³-hybridized carbons (Fsp3) is 0.200. The van der Waals surface area contributed by atoms with Gasteiger partial charge in [0.15, 0.2) is 5.65 Å². The molecule has 3 aromatic rings. The number of rotatable bonds is 2. The summed E-state index contributed by atoms with van der Waals surface area (Å²) in [7, 11) is 0. The number of aromatic amines is 1. The Labute approximate surface area is 105 Å². The molecule has 4 rings (SSSR count). The van der Waals surface area contributed by atoms with E-state index in [0.717, 1.165) is 29.8 Å². The summed E-state index contributed by atoms with van der Waals surface area (Å²) in [4.78, 5) is 12.4. The number of aromatic nitrogens is 3. The first-order valence-electron chi connectivity index (χ1n) is 6.25. The van der Waals surface area contributed by atoms with Crippen molar-refractivity contribution in [1.29, 1.82) is 0 Å². The molecule has 1 N–H and O–H groups in total. The molecule has 0 saturated heterocycles. The molecule has 3 heteroatoms. The van der Waals surface area contributed by atoms with Gasteiger partial charge < -0.3 is 4.98 Å². The molecule has 1 aliphatic rings. The van der Waals surface area contributed by atoms with Crippen LogP contribution in [0.3, 0.4) is 0 Å². The highest BCUT2D eigenvalue weighted by Gasteiger charge is 2.48. The minimum Gasteiger partial charge on any atom is -0.340 e. The molecule has 3 nitrogen and oxygen atoms in total. The molecule has 0 amide bonds. The molecular weight excluding hydrogens is 222 g/mol. The lowest BCUT2D eigenvalue weighted by molar-refractivity contribution is 0.778. The Morgan fingerprint density at radius 3 is 2.56 bits per heavy atom. The van der Waals surface area contributed by atoms with Gasteiger partial charge in [0.25, 0.3) is 0 Å². The maximum atomic E-state index is 4.66. The third-order valence-electron chi connectivity index (χ3n) is 3.79. The quantitative estimate of drug-likeness (QED) is 0.741. The molecule has 88 valence electrons. The van der Waals surface area contributed by atoms with Crippen molar-refractivity contribution in [2.24, 2.45) is 0 Å². The van der Waals surface area contributed by atoms with Crippen molar-refractivity contribution in [1.82, 2.24) is 15.0 Å². The van der Waals surface area contributed by atoms with Gasteiger partial charge in [0.05, 0.1) is 10.9 Å². The summed E-state index contributed by atoms with van der Waals surface area (Å²) < 4.78 is 0. The average molecular weight is 235 g/mol. The van der Waals surface area contributed by atoms with Crippen LogP contribution in [0.15, 0.2) is 48.7 Å². The number of H-pyrrole nitrogens is 1. The van der Waals surface area contributed by atoms with E-state index in [0.29, 0.717) is 0 Å². The second-order valence-electron chi connectivity index (χ2n) is 4.91. The normalized spacial score (nSPS) is 16.9. The molecule has 0 unspecified atom stereocenters. The number of benzene rings is 1. The maximum Gasteiger partial charge on any atom is 0.177 e. The van der Waals surface area contributed by atoms with Crippen molar-refractivity contribution in [2.75, 3.05) is 0 Å². The van der Waals surface area contributed by atoms with Gasteiger partial charge in [-0.05, 0) is 30.5 Å². The van der Waals surface area contributed by atoms with Gasteiger partial charge >= 0.3 is 0 Å². The van der Waals surface area contributed by atoms with Gasteiger partial charge in [-0.15, -0.1) is 0 Å². The van der Waals surface area contributed by atoms with Gasteiger partial charge in [0, 0.05) is 6.20 Å². The van der Waals surface area contributed by atoms with Crippen LogP contribution in [0.1, 0.15) is 24.2 Å². The smallest absolute Gasteiger partial charge is 0.177 e. The molecule has 1 aromatic carbocycles. The molecule has 0 bridgehead atoms. The van der Waals surface area contributed by atoms with Crippen molar-refractivity contribution >= 4 is 11.2 Å². The Bertz CT molecular complexity index is 663.